The van der Waals surface area contributed by atoms with E-state index in [0.29, 0.717) is 16.4 Å². The second kappa shape index (κ2) is 6.38. The summed E-state index contributed by atoms with van der Waals surface area (Å²) in [4.78, 5) is 8.58. The number of rotatable bonds is 5. The quantitative estimate of drug-likeness (QED) is 0.596. The Bertz CT molecular complexity index is 850. The first-order chi connectivity index (χ1) is 12.0. The van der Waals surface area contributed by atoms with Gasteiger partial charge in [-0.25, -0.2) is 14.5 Å². The molecule has 1 aliphatic rings. The van der Waals surface area contributed by atoms with Crippen LogP contribution in [0.15, 0.2) is 30.2 Å². The summed E-state index contributed by atoms with van der Waals surface area (Å²) in [7, 11) is 0. The van der Waals surface area contributed by atoms with Gasteiger partial charge < -0.3 is 14.9 Å². The first-order valence-electron chi connectivity index (χ1n) is 7.71. The summed E-state index contributed by atoms with van der Waals surface area (Å²) in [5.74, 6) is 0. The third-order valence-corrected chi connectivity index (χ3v) is 5.53. The number of nitrogens with zero attached hydrogens (tertiary/aromatic N) is 5. The van der Waals surface area contributed by atoms with Gasteiger partial charge in [-0.1, -0.05) is 6.08 Å². The van der Waals surface area contributed by atoms with Crippen LogP contribution in [0.3, 0.4) is 0 Å². The van der Waals surface area contributed by atoms with Crippen LogP contribution >= 0.6 is 11.8 Å². The van der Waals surface area contributed by atoms with E-state index in [-0.39, 0.29) is 6.42 Å². The van der Waals surface area contributed by atoms with Gasteiger partial charge in [0.25, 0.3) is 0 Å². The maximum Gasteiger partial charge on any atom is 0.186 e. The summed E-state index contributed by atoms with van der Waals surface area (Å²) in [6.07, 6.45) is 4.67. The molecule has 0 unspecified atom stereocenters. The molecule has 2 N–H and O–H groups in total. The first-order valence-corrected chi connectivity index (χ1v) is 8.93. The van der Waals surface area contributed by atoms with E-state index in [2.05, 4.69) is 27.7 Å². The number of imidazole rings is 1. The number of aromatic nitrogens is 4. The average Bonchev–Trinajstić information content (AvgIpc) is 3.16. The van der Waals surface area contributed by atoms with Gasteiger partial charge in [-0.3, -0.25) is 0 Å². The fraction of sp³-hybridized carbons (Fsp3) is 0.500. The average molecular weight is 361 g/mol. The number of ether oxygens (including phenoxy) is 1. The molecule has 2 aromatic rings. The zero-order chi connectivity index (χ0) is 18.2. The number of aliphatic hydroxyl groups is 2. The standard InChI is InChI=1S/C16H19N5O3S/c1-4-5-16(15(2,8-17)12(23)10(7-22)24-16)11-6-18-13-14(25-3)19-9-20-21(11)13/h4,6,9-10,12,22-23H,1,5,7H2,2-3H3/t10-,12-,15-,16+/m1/s1. The van der Waals surface area contributed by atoms with Crippen LogP contribution in [-0.4, -0.2) is 54.9 Å². The van der Waals surface area contributed by atoms with Gasteiger partial charge in [0.2, 0.25) is 0 Å². The van der Waals surface area contributed by atoms with Crippen molar-refractivity contribution in [3.05, 3.63) is 30.9 Å². The van der Waals surface area contributed by atoms with Crippen LogP contribution in [-0.2, 0) is 10.3 Å². The Morgan fingerprint density at radius 2 is 2.32 bits per heavy atom. The maximum atomic E-state index is 10.6. The summed E-state index contributed by atoms with van der Waals surface area (Å²) < 4.78 is 7.64. The summed E-state index contributed by atoms with van der Waals surface area (Å²) in [6.45, 7) is 4.98. The van der Waals surface area contributed by atoms with Gasteiger partial charge in [0, 0.05) is 6.42 Å². The molecule has 3 rings (SSSR count). The number of aliphatic hydroxyl groups excluding tert-OH is 2. The minimum Gasteiger partial charge on any atom is -0.394 e. The zero-order valence-corrected chi connectivity index (χ0v) is 14.8. The Labute approximate surface area is 149 Å². The second-order valence-electron chi connectivity index (χ2n) is 6.07. The Hall–Kier alpha value is -1.99. The number of thioether (sulfide) groups is 1. The molecular weight excluding hydrogens is 342 g/mol. The van der Waals surface area contributed by atoms with Crippen molar-refractivity contribution in [2.24, 2.45) is 5.41 Å². The van der Waals surface area contributed by atoms with Crippen molar-refractivity contribution in [2.45, 2.75) is 36.2 Å². The van der Waals surface area contributed by atoms with Gasteiger partial charge in [-0.05, 0) is 13.2 Å². The molecule has 1 saturated heterocycles. The van der Waals surface area contributed by atoms with Crippen molar-refractivity contribution in [3.8, 4) is 6.07 Å². The SMILES string of the molecule is C=CC[C@@]1(c2cnc3c(SC)ncnn23)O[C@H](CO)[C@@H](O)[C@@]1(C)C#N. The Morgan fingerprint density at radius 3 is 2.92 bits per heavy atom. The molecule has 0 spiro atoms. The molecule has 8 nitrogen and oxygen atoms in total. The Morgan fingerprint density at radius 1 is 1.56 bits per heavy atom. The molecule has 132 valence electrons. The van der Waals surface area contributed by atoms with Crippen molar-refractivity contribution < 1.29 is 14.9 Å². The highest BCUT2D eigenvalue weighted by Gasteiger charge is 2.65. The third kappa shape index (κ3) is 2.29. The van der Waals surface area contributed by atoms with E-state index in [9.17, 15) is 15.5 Å². The minimum absolute atomic E-state index is 0.247. The van der Waals surface area contributed by atoms with Gasteiger partial charge in [0.1, 0.15) is 34.6 Å². The molecule has 1 aliphatic heterocycles. The number of nitriles is 1. The second-order valence-corrected chi connectivity index (χ2v) is 6.86. The summed E-state index contributed by atoms with van der Waals surface area (Å²) in [5.41, 5.74) is -1.52. The van der Waals surface area contributed by atoms with E-state index < -0.39 is 29.8 Å². The van der Waals surface area contributed by atoms with E-state index >= 15 is 0 Å². The molecule has 0 aromatic carbocycles. The molecule has 0 saturated carbocycles. The first kappa shape index (κ1) is 17.8. The molecule has 0 amide bonds. The summed E-state index contributed by atoms with van der Waals surface area (Å²) in [6, 6.07) is 2.19. The Kier molecular flexibility index (Phi) is 4.55. The normalized spacial score (nSPS) is 32.0. The number of hydrogen-bond donors (Lipinski definition) is 2. The predicted molar refractivity (Wildman–Crippen MR) is 90.7 cm³/mol. The molecule has 0 radical (unpaired) electrons. The van der Waals surface area contributed by atoms with Gasteiger partial charge in [-0.15, -0.1) is 18.3 Å². The van der Waals surface area contributed by atoms with E-state index in [0.717, 1.165) is 0 Å². The zero-order valence-electron chi connectivity index (χ0n) is 14.0. The lowest BCUT2D eigenvalue weighted by molar-refractivity contribution is -0.0918. The van der Waals surface area contributed by atoms with Gasteiger partial charge in [0.15, 0.2) is 5.65 Å². The van der Waals surface area contributed by atoms with Crippen LogP contribution in [0.4, 0.5) is 0 Å². The highest BCUT2D eigenvalue weighted by atomic mass is 32.2. The molecule has 3 heterocycles. The van der Waals surface area contributed by atoms with Crippen molar-refractivity contribution in [1.29, 1.82) is 5.26 Å². The van der Waals surface area contributed by atoms with Crippen molar-refractivity contribution in [3.63, 3.8) is 0 Å². The molecule has 1 fully saturated rings. The van der Waals surface area contributed by atoms with Crippen molar-refractivity contribution >= 4 is 17.4 Å². The molecule has 4 atom stereocenters. The van der Waals surface area contributed by atoms with E-state index in [1.165, 1.54) is 18.1 Å². The van der Waals surface area contributed by atoms with E-state index in [1.807, 2.05) is 6.26 Å². The number of hydrogen-bond acceptors (Lipinski definition) is 8. The van der Waals surface area contributed by atoms with Gasteiger partial charge >= 0.3 is 0 Å². The smallest absolute Gasteiger partial charge is 0.186 e. The van der Waals surface area contributed by atoms with E-state index in [4.69, 9.17) is 4.74 Å². The fourth-order valence-electron chi connectivity index (χ4n) is 3.46. The summed E-state index contributed by atoms with van der Waals surface area (Å²) in [5, 5.41) is 35.0. The monoisotopic (exact) mass is 361 g/mol. The molecule has 2 aromatic heterocycles. The highest BCUT2D eigenvalue weighted by molar-refractivity contribution is 7.98. The minimum atomic E-state index is -1.32. The van der Waals surface area contributed by atoms with Crippen LogP contribution < -0.4 is 0 Å². The van der Waals surface area contributed by atoms with Crippen LogP contribution in [0.1, 0.15) is 19.0 Å². The maximum absolute atomic E-state index is 10.6. The summed E-state index contributed by atoms with van der Waals surface area (Å²) >= 11 is 1.43. The lowest BCUT2D eigenvalue weighted by Crippen LogP contribution is -2.45. The fourth-order valence-corrected chi connectivity index (χ4v) is 3.93. The van der Waals surface area contributed by atoms with Crippen LogP contribution in [0, 0.1) is 16.7 Å². The molecule has 25 heavy (non-hydrogen) atoms. The van der Waals surface area contributed by atoms with Crippen molar-refractivity contribution in [2.75, 3.05) is 12.9 Å². The molecule has 0 bridgehead atoms. The third-order valence-electron chi connectivity index (χ3n) is 4.86. The largest absolute Gasteiger partial charge is 0.394 e. The Balaban J connectivity index is 2.30. The van der Waals surface area contributed by atoms with Crippen LogP contribution in [0.25, 0.3) is 5.65 Å². The molecule has 9 heteroatoms. The topological polar surface area (TPSA) is 117 Å². The van der Waals surface area contributed by atoms with Crippen molar-refractivity contribution in [1.82, 2.24) is 19.6 Å². The lowest BCUT2D eigenvalue weighted by Gasteiger charge is -2.37. The molecule has 0 aliphatic carbocycles. The molecular formula is C16H19N5O3S. The van der Waals surface area contributed by atoms with Gasteiger partial charge in [0.05, 0.1) is 24.6 Å². The van der Waals surface area contributed by atoms with Crippen LogP contribution in [0.2, 0.25) is 0 Å². The predicted octanol–water partition coefficient (Wildman–Crippen LogP) is 0.899. The van der Waals surface area contributed by atoms with E-state index in [1.54, 1.807) is 23.7 Å². The lowest BCUT2D eigenvalue weighted by atomic mass is 9.68. The van der Waals surface area contributed by atoms with Crippen LogP contribution in [0.5, 0.6) is 0 Å². The van der Waals surface area contributed by atoms with Gasteiger partial charge in [-0.2, -0.15) is 10.4 Å². The number of fused-ring (bicyclic) bond motifs is 1. The highest BCUT2D eigenvalue weighted by Crippen LogP contribution is 2.54.